The smallest absolute Gasteiger partial charge is 0.260 e. The molecule has 0 aliphatic heterocycles. The molecule has 0 bridgehead atoms. The average molecular weight is 198 g/mol. The summed E-state index contributed by atoms with van der Waals surface area (Å²) in [6.45, 7) is 0. The van der Waals surface area contributed by atoms with Gasteiger partial charge in [-0.15, -0.1) is 0 Å². The van der Waals surface area contributed by atoms with Crippen LogP contribution in [0.5, 0.6) is 0 Å². The second-order valence-electron chi connectivity index (χ2n) is 2.88. The molecule has 1 N–H and O–H groups in total. The van der Waals surface area contributed by atoms with E-state index in [0.29, 0.717) is 6.42 Å². The van der Waals surface area contributed by atoms with Gasteiger partial charge in [-0.1, -0.05) is 5.16 Å². The highest BCUT2D eigenvalue weighted by molar-refractivity contribution is 6.00. The number of aromatic nitrogens is 2. The van der Waals surface area contributed by atoms with Crippen LogP contribution >= 0.6 is 0 Å². The van der Waals surface area contributed by atoms with Crippen LogP contribution < -0.4 is 0 Å². The lowest BCUT2D eigenvalue weighted by Gasteiger charge is -2.12. The quantitative estimate of drug-likeness (QED) is 0.395. The molecule has 1 aromatic rings. The summed E-state index contributed by atoms with van der Waals surface area (Å²) in [5.74, 6) is 0. The third kappa shape index (κ3) is 1.11. The number of fused-ring (bicyclic) bond motifs is 1. The second kappa shape index (κ2) is 3.05. The third-order valence-corrected chi connectivity index (χ3v) is 2.13. The van der Waals surface area contributed by atoms with Gasteiger partial charge in [0.05, 0.1) is 0 Å². The first-order valence-electron chi connectivity index (χ1n) is 3.91. The Morgan fingerprint density at radius 3 is 3.07 bits per heavy atom. The van der Waals surface area contributed by atoms with Gasteiger partial charge < -0.3 is 5.21 Å². The van der Waals surface area contributed by atoms with E-state index in [9.17, 15) is 10.1 Å². The Balaban J connectivity index is 2.47. The van der Waals surface area contributed by atoms with Gasteiger partial charge in [0, 0.05) is 17.8 Å². The Labute approximate surface area is 77.3 Å². The SMILES string of the molecule is O=[N+]([O-])C1CC/C(=N\O)c2nonc21. The molecule has 0 saturated carbocycles. The number of nitro groups is 1. The molecule has 0 fully saturated rings. The van der Waals surface area contributed by atoms with Crippen LogP contribution in [-0.4, -0.2) is 26.2 Å². The zero-order valence-electron chi connectivity index (χ0n) is 6.95. The molecule has 1 aromatic heterocycles. The van der Waals surface area contributed by atoms with E-state index in [-0.39, 0.29) is 23.5 Å². The average Bonchev–Trinajstić information content (AvgIpc) is 2.64. The van der Waals surface area contributed by atoms with Crippen molar-refractivity contribution in [1.29, 1.82) is 0 Å². The first-order chi connectivity index (χ1) is 6.74. The Kier molecular flexibility index (Phi) is 1.88. The molecule has 8 heteroatoms. The zero-order chi connectivity index (χ0) is 10.1. The molecule has 74 valence electrons. The van der Waals surface area contributed by atoms with Gasteiger partial charge in [-0.2, -0.15) is 0 Å². The molecule has 1 unspecified atom stereocenters. The van der Waals surface area contributed by atoms with Crippen LogP contribution in [0.2, 0.25) is 0 Å². The number of hydrogen-bond donors (Lipinski definition) is 1. The monoisotopic (exact) mass is 198 g/mol. The number of hydrogen-bond acceptors (Lipinski definition) is 7. The van der Waals surface area contributed by atoms with Crippen LogP contribution in [0.3, 0.4) is 0 Å². The molecule has 0 aromatic carbocycles. The highest BCUT2D eigenvalue weighted by atomic mass is 16.6. The molecule has 2 rings (SSSR count). The van der Waals surface area contributed by atoms with E-state index in [1.807, 2.05) is 0 Å². The van der Waals surface area contributed by atoms with Gasteiger partial charge in [0.2, 0.25) is 0 Å². The van der Waals surface area contributed by atoms with E-state index in [1.54, 1.807) is 0 Å². The van der Waals surface area contributed by atoms with Crippen LogP contribution in [0, 0.1) is 10.1 Å². The van der Waals surface area contributed by atoms with Crippen molar-refractivity contribution in [2.75, 3.05) is 0 Å². The summed E-state index contributed by atoms with van der Waals surface area (Å²) in [5, 5.41) is 29.1. The van der Waals surface area contributed by atoms with E-state index >= 15 is 0 Å². The maximum Gasteiger partial charge on any atom is 0.260 e. The highest BCUT2D eigenvalue weighted by Gasteiger charge is 2.37. The molecule has 1 aliphatic rings. The number of oxime groups is 1. The molecular formula is C6H6N4O4. The van der Waals surface area contributed by atoms with Gasteiger partial charge in [-0.05, 0) is 10.3 Å². The van der Waals surface area contributed by atoms with Crippen molar-refractivity contribution in [2.45, 2.75) is 18.9 Å². The van der Waals surface area contributed by atoms with Crippen molar-refractivity contribution in [3.05, 3.63) is 21.5 Å². The predicted molar refractivity (Wildman–Crippen MR) is 41.6 cm³/mol. The zero-order valence-corrected chi connectivity index (χ0v) is 6.95. The Bertz CT molecular complexity index is 398. The lowest BCUT2D eigenvalue weighted by Crippen LogP contribution is -2.21. The fraction of sp³-hybridized carbons (Fsp3) is 0.500. The minimum Gasteiger partial charge on any atom is -0.411 e. The summed E-state index contributed by atoms with van der Waals surface area (Å²) >= 11 is 0. The molecule has 1 atom stereocenters. The van der Waals surface area contributed by atoms with E-state index in [0.717, 1.165) is 0 Å². The lowest BCUT2D eigenvalue weighted by atomic mass is 9.95. The predicted octanol–water partition coefficient (Wildman–Crippen LogP) is 0.359. The minimum atomic E-state index is -0.915. The van der Waals surface area contributed by atoms with Gasteiger partial charge in [-0.3, -0.25) is 10.1 Å². The summed E-state index contributed by atoms with van der Waals surface area (Å²) in [7, 11) is 0. The molecule has 1 heterocycles. The molecular weight excluding hydrogens is 192 g/mol. The van der Waals surface area contributed by atoms with Gasteiger partial charge >= 0.3 is 0 Å². The van der Waals surface area contributed by atoms with Crippen molar-refractivity contribution >= 4 is 5.71 Å². The van der Waals surface area contributed by atoms with Crippen LogP contribution in [0.4, 0.5) is 0 Å². The van der Waals surface area contributed by atoms with E-state index in [4.69, 9.17) is 5.21 Å². The Morgan fingerprint density at radius 1 is 1.64 bits per heavy atom. The summed E-state index contributed by atoms with van der Waals surface area (Å²) in [6, 6.07) is -0.915. The Morgan fingerprint density at radius 2 is 2.43 bits per heavy atom. The standard InChI is InChI=1S/C6H6N4O4/c11-7-3-1-2-4(10(12)13)6-5(3)8-14-9-6/h4,11H,1-2H2/b7-3+. The highest BCUT2D eigenvalue weighted by Crippen LogP contribution is 2.29. The third-order valence-electron chi connectivity index (χ3n) is 2.13. The summed E-state index contributed by atoms with van der Waals surface area (Å²) in [6.07, 6.45) is 0.539. The van der Waals surface area contributed by atoms with Crippen molar-refractivity contribution in [3.8, 4) is 0 Å². The summed E-state index contributed by atoms with van der Waals surface area (Å²) in [5.41, 5.74) is 0.592. The van der Waals surface area contributed by atoms with Gasteiger partial charge in [0.25, 0.3) is 6.04 Å². The van der Waals surface area contributed by atoms with Gasteiger partial charge in [-0.25, -0.2) is 4.63 Å². The molecule has 0 radical (unpaired) electrons. The molecule has 8 nitrogen and oxygen atoms in total. The molecule has 14 heavy (non-hydrogen) atoms. The van der Waals surface area contributed by atoms with Gasteiger partial charge in [0.1, 0.15) is 5.71 Å². The number of rotatable bonds is 1. The lowest BCUT2D eigenvalue weighted by molar-refractivity contribution is -0.531. The van der Waals surface area contributed by atoms with Crippen molar-refractivity contribution in [1.82, 2.24) is 10.3 Å². The van der Waals surface area contributed by atoms with Crippen LogP contribution in [-0.2, 0) is 0 Å². The van der Waals surface area contributed by atoms with Crippen molar-refractivity contribution < 1.29 is 14.8 Å². The fourth-order valence-electron chi connectivity index (χ4n) is 1.45. The summed E-state index contributed by atoms with van der Waals surface area (Å²) < 4.78 is 4.38. The van der Waals surface area contributed by atoms with Crippen LogP contribution in [0.15, 0.2) is 9.78 Å². The molecule has 0 amide bonds. The maximum absolute atomic E-state index is 10.6. The van der Waals surface area contributed by atoms with Crippen LogP contribution in [0.1, 0.15) is 30.3 Å². The minimum absolute atomic E-state index is 0.133. The normalized spacial score (nSPS) is 23.4. The topological polar surface area (TPSA) is 115 Å². The van der Waals surface area contributed by atoms with Crippen molar-refractivity contribution in [2.24, 2.45) is 5.16 Å². The maximum atomic E-state index is 10.6. The fourth-order valence-corrected chi connectivity index (χ4v) is 1.45. The number of nitrogens with zero attached hydrogens (tertiary/aromatic N) is 4. The summed E-state index contributed by atoms with van der Waals surface area (Å²) in [4.78, 5) is 10.2. The first-order valence-corrected chi connectivity index (χ1v) is 3.91. The second-order valence-corrected chi connectivity index (χ2v) is 2.88. The van der Waals surface area contributed by atoms with E-state index in [1.165, 1.54) is 0 Å². The molecule has 1 aliphatic carbocycles. The molecule has 0 spiro atoms. The Hall–Kier alpha value is -1.99. The van der Waals surface area contributed by atoms with Crippen LogP contribution in [0.25, 0.3) is 0 Å². The largest absolute Gasteiger partial charge is 0.411 e. The van der Waals surface area contributed by atoms with Crippen molar-refractivity contribution in [3.63, 3.8) is 0 Å². The first kappa shape index (κ1) is 8.60. The van der Waals surface area contributed by atoms with E-state index < -0.39 is 11.0 Å². The van der Waals surface area contributed by atoms with Gasteiger partial charge in [0.15, 0.2) is 11.4 Å². The van der Waals surface area contributed by atoms with E-state index in [2.05, 4.69) is 20.1 Å². The molecule has 0 saturated heterocycles.